The van der Waals surface area contributed by atoms with Gasteiger partial charge in [0, 0.05) is 0 Å². The lowest BCUT2D eigenvalue weighted by Crippen LogP contribution is -2.45. The van der Waals surface area contributed by atoms with Gasteiger partial charge in [0.1, 0.15) is 11.8 Å². The molecule has 5 heteroatoms. The van der Waals surface area contributed by atoms with Gasteiger partial charge in [-0.3, -0.25) is 9.59 Å². The lowest BCUT2D eigenvalue weighted by Gasteiger charge is -2.28. The second-order valence-corrected chi connectivity index (χ2v) is 4.80. The van der Waals surface area contributed by atoms with Gasteiger partial charge >= 0.3 is 11.9 Å². The van der Waals surface area contributed by atoms with Gasteiger partial charge in [-0.25, -0.2) is 0 Å². The Hall–Kier alpha value is -1.36. The first-order valence-corrected chi connectivity index (χ1v) is 5.44. The summed E-state index contributed by atoms with van der Waals surface area (Å²) in [7, 11) is 2.61. The Kier molecular flexibility index (Phi) is 2.54. The van der Waals surface area contributed by atoms with Gasteiger partial charge in [0.05, 0.1) is 25.4 Å². The van der Waals surface area contributed by atoms with Crippen molar-refractivity contribution in [3.63, 3.8) is 0 Å². The molecule has 0 saturated carbocycles. The van der Waals surface area contributed by atoms with Crippen LogP contribution in [0.2, 0.25) is 0 Å². The van der Waals surface area contributed by atoms with Gasteiger partial charge in [0.15, 0.2) is 0 Å². The van der Waals surface area contributed by atoms with Crippen molar-refractivity contribution in [2.75, 3.05) is 14.2 Å². The molecule has 2 aliphatic rings. The molecule has 1 fully saturated rings. The van der Waals surface area contributed by atoms with Gasteiger partial charge in [-0.15, -0.1) is 0 Å². The third-order valence-corrected chi connectivity index (χ3v) is 3.66. The maximum Gasteiger partial charge on any atom is 0.312 e. The first-order chi connectivity index (χ1) is 7.88. The Morgan fingerprint density at radius 2 is 1.35 bits per heavy atom. The zero-order chi connectivity index (χ0) is 12.8. The summed E-state index contributed by atoms with van der Waals surface area (Å²) in [5, 5.41) is 0. The van der Waals surface area contributed by atoms with Crippen molar-refractivity contribution >= 4 is 11.9 Å². The second-order valence-electron chi connectivity index (χ2n) is 4.80. The smallest absolute Gasteiger partial charge is 0.312 e. The monoisotopic (exact) mass is 240 g/mol. The number of esters is 2. The van der Waals surface area contributed by atoms with Crippen molar-refractivity contribution < 1.29 is 23.8 Å². The van der Waals surface area contributed by atoms with E-state index in [4.69, 9.17) is 14.2 Å². The van der Waals surface area contributed by atoms with Crippen LogP contribution in [0.1, 0.15) is 13.8 Å². The predicted molar refractivity (Wildman–Crippen MR) is 58.0 cm³/mol. The Bertz CT molecular complexity index is 366. The van der Waals surface area contributed by atoms with E-state index in [0.29, 0.717) is 0 Å². The molecule has 4 atom stereocenters. The SMILES string of the molecule is COC(=O)C1C(C(=O)OC)C2(C)C=CC1(C)O2. The van der Waals surface area contributed by atoms with Crippen molar-refractivity contribution in [1.29, 1.82) is 0 Å². The van der Waals surface area contributed by atoms with E-state index in [1.54, 1.807) is 13.8 Å². The molecule has 0 aromatic heterocycles. The van der Waals surface area contributed by atoms with Crippen molar-refractivity contribution in [2.24, 2.45) is 11.8 Å². The molecule has 5 nitrogen and oxygen atoms in total. The summed E-state index contributed by atoms with van der Waals surface area (Å²) in [6.45, 7) is 3.55. The fraction of sp³-hybridized carbons (Fsp3) is 0.667. The third kappa shape index (κ3) is 1.49. The van der Waals surface area contributed by atoms with Crippen molar-refractivity contribution in [1.82, 2.24) is 0 Å². The molecule has 17 heavy (non-hydrogen) atoms. The molecule has 0 aromatic rings. The molecule has 2 heterocycles. The molecule has 0 aromatic carbocycles. The average molecular weight is 240 g/mol. The lowest BCUT2D eigenvalue weighted by atomic mass is 9.71. The molecule has 94 valence electrons. The topological polar surface area (TPSA) is 61.8 Å². The van der Waals surface area contributed by atoms with Gasteiger partial charge in [-0.2, -0.15) is 0 Å². The quantitative estimate of drug-likeness (QED) is 0.524. The highest BCUT2D eigenvalue weighted by Crippen LogP contribution is 2.53. The number of ether oxygens (including phenoxy) is 3. The van der Waals surface area contributed by atoms with Crippen molar-refractivity contribution in [3.8, 4) is 0 Å². The van der Waals surface area contributed by atoms with Crippen molar-refractivity contribution in [3.05, 3.63) is 12.2 Å². The minimum atomic E-state index is -0.791. The van der Waals surface area contributed by atoms with Crippen LogP contribution in [0.15, 0.2) is 12.2 Å². The van der Waals surface area contributed by atoms with Gasteiger partial charge in [-0.05, 0) is 13.8 Å². The highest BCUT2D eigenvalue weighted by atomic mass is 16.6. The van der Waals surface area contributed by atoms with Crippen LogP contribution in [-0.2, 0) is 23.8 Å². The highest BCUT2D eigenvalue weighted by Gasteiger charge is 2.66. The Morgan fingerprint density at radius 1 is 1.00 bits per heavy atom. The van der Waals surface area contributed by atoms with Gasteiger partial charge in [0.2, 0.25) is 0 Å². The van der Waals surface area contributed by atoms with Crippen LogP contribution >= 0.6 is 0 Å². The molecule has 2 rings (SSSR count). The molecule has 0 N–H and O–H groups in total. The molecule has 0 radical (unpaired) electrons. The first kappa shape index (κ1) is 12.1. The summed E-state index contributed by atoms with van der Waals surface area (Å²) in [6.07, 6.45) is 3.63. The maximum absolute atomic E-state index is 11.8. The number of rotatable bonds is 2. The Morgan fingerprint density at radius 3 is 1.65 bits per heavy atom. The number of carbonyl (C=O) groups excluding carboxylic acids is 2. The molecule has 2 bridgehead atoms. The first-order valence-electron chi connectivity index (χ1n) is 5.44. The number of carbonyl (C=O) groups is 2. The van der Waals surface area contributed by atoms with Crippen LogP contribution in [0.3, 0.4) is 0 Å². The van der Waals surface area contributed by atoms with E-state index in [1.165, 1.54) is 14.2 Å². The molecule has 1 saturated heterocycles. The highest BCUT2D eigenvalue weighted by molar-refractivity contribution is 5.86. The van der Waals surface area contributed by atoms with Gasteiger partial charge < -0.3 is 14.2 Å². The molecule has 4 unspecified atom stereocenters. The van der Waals surface area contributed by atoms with Crippen LogP contribution < -0.4 is 0 Å². The number of fused-ring (bicyclic) bond motifs is 2. The van der Waals surface area contributed by atoms with Crippen LogP contribution in [0.25, 0.3) is 0 Å². The van der Waals surface area contributed by atoms with E-state index in [2.05, 4.69) is 0 Å². The molecule has 0 spiro atoms. The van der Waals surface area contributed by atoms with Crippen LogP contribution in [0.5, 0.6) is 0 Å². The fourth-order valence-electron chi connectivity index (χ4n) is 2.86. The summed E-state index contributed by atoms with van der Waals surface area (Å²) < 4.78 is 15.3. The number of methoxy groups -OCH3 is 2. The number of hydrogen-bond acceptors (Lipinski definition) is 5. The van der Waals surface area contributed by atoms with E-state index in [-0.39, 0.29) is 0 Å². The van der Waals surface area contributed by atoms with Crippen molar-refractivity contribution in [2.45, 2.75) is 25.0 Å². The average Bonchev–Trinajstić information content (AvgIpc) is 2.72. The predicted octanol–water partition coefficient (Wildman–Crippen LogP) is 0.682. The minimum absolute atomic E-state index is 0.448. The van der Waals surface area contributed by atoms with E-state index in [0.717, 1.165) is 0 Å². The Labute approximate surface area is 99.7 Å². The summed E-state index contributed by atoms with van der Waals surface area (Å²) >= 11 is 0. The third-order valence-electron chi connectivity index (χ3n) is 3.66. The minimum Gasteiger partial charge on any atom is -0.469 e. The standard InChI is InChI=1S/C12H16O5/c1-11-5-6-12(2,17-11)8(10(14)16-4)7(11)9(13)15-3/h5-8H,1-4H3. The summed E-state index contributed by atoms with van der Waals surface area (Å²) in [5.41, 5.74) is -1.58. The fourth-order valence-corrected chi connectivity index (χ4v) is 2.86. The zero-order valence-electron chi connectivity index (χ0n) is 10.4. The normalized spacial score (nSPS) is 42.6. The molecule has 0 aliphatic carbocycles. The van der Waals surface area contributed by atoms with Gasteiger partial charge in [-0.1, -0.05) is 12.2 Å². The van der Waals surface area contributed by atoms with E-state index in [9.17, 15) is 9.59 Å². The van der Waals surface area contributed by atoms with Crippen LogP contribution in [0, 0.1) is 11.8 Å². The lowest BCUT2D eigenvalue weighted by molar-refractivity contribution is -0.158. The Balaban J connectivity index is 2.44. The molecule has 0 amide bonds. The number of hydrogen-bond donors (Lipinski definition) is 0. The van der Waals surface area contributed by atoms with Gasteiger partial charge in [0.25, 0.3) is 0 Å². The summed E-state index contributed by atoms with van der Waals surface area (Å²) in [4.78, 5) is 23.7. The summed E-state index contributed by atoms with van der Waals surface area (Å²) in [5.74, 6) is -2.21. The van der Waals surface area contributed by atoms with E-state index in [1.807, 2.05) is 12.2 Å². The molecule has 2 aliphatic heterocycles. The largest absolute Gasteiger partial charge is 0.469 e. The van der Waals surface area contributed by atoms with Crippen LogP contribution in [-0.4, -0.2) is 37.4 Å². The van der Waals surface area contributed by atoms with E-state index >= 15 is 0 Å². The summed E-state index contributed by atoms with van der Waals surface area (Å²) in [6, 6.07) is 0. The second kappa shape index (κ2) is 3.57. The molecular formula is C12H16O5. The molecular weight excluding hydrogens is 224 g/mol. The maximum atomic E-state index is 11.8. The zero-order valence-corrected chi connectivity index (χ0v) is 10.4. The van der Waals surface area contributed by atoms with E-state index < -0.39 is 35.0 Å². The van der Waals surface area contributed by atoms with Crippen LogP contribution in [0.4, 0.5) is 0 Å².